The highest BCUT2D eigenvalue weighted by molar-refractivity contribution is 5.99. The number of aromatic nitrogens is 4. The van der Waals surface area contributed by atoms with Crippen LogP contribution in [0.25, 0.3) is 0 Å². The molecule has 88 heavy (non-hydrogen) atoms. The number of hydrogen-bond donors (Lipinski definition) is 5. The van der Waals surface area contributed by atoms with Crippen LogP contribution in [0.1, 0.15) is 113 Å². The van der Waals surface area contributed by atoms with Crippen LogP contribution < -0.4 is 58.5 Å². The molecule has 7 amide bonds. The molecule has 4 bridgehead atoms. The first-order valence-electron chi connectivity index (χ1n) is 29.0. The van der Waals surface area contributed by atoms with Crippen LogP contribution in [0.4, 0.5) is 0 Å². The molecular weight excluding hydrogens is 1140 g/mol. The summed E-state index contributed by atoms with van der Waals surface area (Å²) >= 11 is 0. The number of carbonyl (C=O) groups excluding carboxylic acids is 7. The number of benzene rings is 2. The molecule has 4 aromatic heterocycles. The van der Waals surface area contributed by atoms with E-state index in [1.54, 1.807) is 54.6 Å². The predicted octanol–water partition coefficient (Wildman–Crippen LogP) is 0.822. The topological polar surface area (TPSA) is 311 Å². The largest absolute Gasteiger partial charge is 0.405 e. The van der Waals surface area contributed by atoms with Gasteiger partial charge in [0.05, 0.1) is 31.9 Å². The molecule has 0 saturated carbocycles. The minimum Gasteiger partial charge on any atom is -0.405 e. The van der Waals surface area contributed by atoms with E-state index in [1.807, 2.05) is 13.0 Å². The van der Waals surface area contributed by atoms with Crippen LogP contribution >= 0.6 is 0 Å². The van der Waals surface area contributed by atoms with Crippen LogP contribution in [0.3, 0.4) is 0 Å². The van der Waals surface area contributed by atoms with Crippen molar-refractivity contribution in [3.63, 3.8) is 0 Å². The molecule has 26 nitrogen and oxygen atoms in total. The molecule has 0 radical (unpaired) electrons. The van der Waals surface area contributed by atoms with Gasteiger partial charge >= 0.3 is 0 Å². The Morgan fingerprint density at radius 3 is 1.75 bits per heavy atom. The minimum atomic E-state index is -1.28. The molecule has 3 atom stereocenters. The molecule has 8 heterocycles. The van der Waals surface area contributed by atoms with Gasteiger partial charge in [-0.2, -0.15) is 0 Å². The van der Waals surface area contributed by atoms with E-state index in [0.29, 0.717) is 22.5 Å². The maximum atomic E-state index is 14.9. The number of ether oxygens (including phenoxy) is 2. The molecule has 2 aromatic carbocycles. The van der Waals surface area contributed by atoms with E-state index in [9.17, 15) is 52.7 Å². The summed E-state index contributed by atoms with van der Waals surface area (Å²) in [6, 6.07) is 27.7. The average molecular weight is 1210 g/mol. The summed E-state index contributed by atoms with van der Waals surface area (Å²) in [6.07, 6.45) is 0.799. The lowest BCUT2D eigenvalue weighted by Crippen LogP contribution is -2.52. The molecule has 1 saturated heterocycles. The number of amides is 7. The van der Waals surface area contributed by atoms with E-state index >= 15 is 0 Å². The summed E-state index contributed by atoms with van der Waals surface area (Å²) < 4.78 is 15.0. The second-order valence-corrected chi connectivity index (χ2v) is 20.9. The Morgan fingerprint density at radius 1 is 0.557 bits per heavy atom. The minimum absolute atomic E-state index is 0.00139. The predicted molar refractivity (Wildman–Crippen MR) is 320 cm³/mol. The molecule has 1 unspecified atom stereocenters. The van der Waals surface area contributed by atoms with Gasteiger partial charge < -0.3 is 64.7 Å². The highest BCUT2D eigenvalue weighted by Gasteiger charge is 2.35. The van der Waals surface area contributed by atoms with Crippen LogP contribution in [0, 0.1) is 0 Å². The molecule has 0 aliphatic carbocycles. The summed E-state index contributed by atoms with van der Waals surface area (Å²) in [5.74, 6) is -5.19. The lowest BCUT2D eigenvalue weighted by atomic mass is 10.1. The molecule has 26 heteroatoms. The first-order chi connectivity index (χ1) is 42.6. The van der Waals surface area contributed by atoms with Crippen LogP contribution in [0.2, 0.25) is 0 Å². The van der Waals surface area contributed by atoms with Crippen molar-refractivity contribution in [3.8, 4) is 0 Å². The summed E-state index contributed by atoms with van der Waals surface area (Å²) in [4.78, 5) is 169. The molecule has 6 aromatic rings. The Morgan fingerprint density at radius 2 is 1.11 bits per heavy atom. The van der Waals surface area contributed by atoms with Crippen molar-refractivity contribution in [2.45, 2.75) is 70.4 Å². The summed E-state index contributed by atoms with van der Waals surface area (Å²) in [5.41, 5.74) is -3.01. The number of hydrogen-bond acceptors (Lipinski definition) is 15. The molecule has 4 aliphatic heterocycles. The van der Waals surface area contributed by atoms with Crippen molar-refractivity contribution in [2.75, 3.05) is 65.7 Å². The van der Waals surface area contributed by atoms with Gasteiger partial charge in [-0.1, -0.05) is 79.7 Å². The van der Waals surface area contributed by atoms with Gasteiger partial charge in [0.25, 0.3) is 57.7 Å². The quantitative estimate of drug-likeness (QED) is 0.0944. The lowest BCUT2D eigenvalue weighted by molar-refractivity contribution is -0.126. The van der Waals surface area contributed by atoms with Gasteiger partial charge in [-0.05, 0) is 79.6 Å². The second kappa shape index (κ2) is 30.9. The van der Waals surface area contributed by atoms with Crippen molar-refractivity contribution >= 4 is 41.4 Å². The first kappa shape index (κ1) is 64.1. The maximum absolute atomic E-state index is 14.9. The van der Waals surface area contributed by atoms with Gasteiger partial charge in [0, 0.05) is 72.1 Å². The normalized spacial score (nSPS) is 17.4. The second-order valence-electron chi connectivity index (χ2n) is 20.9. The number of pyridine rings is 4. The van der Waals surface area contributed by atoms with Crippen LogP contribution in [0.15, 0.2) is 141 Å². The fourth-order valence-corrected chi connectivity index (χ4v) is 9.97. The highest BCUT2D eigenvalue weighted by atomic mass is 16.7. The van der Waals surface area contributed by atoms with E-state index in [0.717, 1.165) is 26.4 Å². The maximum Gasteiger partial charge on any atom is 0.296 e. The zero-order valence-electron chi connectivity index (χ0n) is 49.1. The van der Waals surface area contributed by atoms with Gasteiger partial charge in [-0.15, -0.1) is 9.46 Å². The number of fused-ring (bicyclic) bond motifs is 2. The number of nitrogens with zero attached hydrogens (tertiary/aromatic N) is 6. The van der Waals surface area contributed by atoms with Crippen molar-refractivity contribution in [1.82, 2.24) is 55.0 Å². The third kappa shape index (κ3) is 16.1. The standard InChI is InChI=1S/C62H71N11O15/c1-4-35-85-36-31-65-57(79)48-22-13-32-70(61(83)51-21-12-24-53(75)72(51)87-37-41-16-7-5-8-17-41)33-14-29-63-56(78)47-27-25-43(59(81)69(47)3)54(76)66-45-39-86-40-46(45)67-55(77)44-26-28-49(73(60(44)82)88-38-42-18-9-6-10-19-42)58(80)64-30-15-34-71(48)62(84)50-20-11-23-52(74)68(50)2/h5-12,16-21,23-28,45-46,48H,4,13-15,22,29-40H2,1-3H3,(H,63,78)(H,64,80)(H,65,79)(H,66,76)(H,67,77)/t45-,46+,48?/m1/s1. The smallest absolute Gasteiger partial charge is 0.296 e. The summed E-state index contributed by atoms with van der Waals surface area (Å²) in [6.45, 7) is 1.58. The number of nitrogens with one attached hydrogen (secondary N) is 5. The summed E-state index contributed by atoms with van der Waals surface area (Å²) in [7, 11) is 2.72. The molecule has 5 N–H and O–H groups in total. The zero-order valence-corrected chi connectivity index (χ0v) is 49.1. The Kier molecular flexibility index (Phi) is 22.5. The Bertz CT molecular complexity index is 3730. The van der Waals surface area contributed by atoms with E-state index in [-0.39, 0.29) is 126 Å². The van der Waals surface area contributed by atoms with Gasteiger partial charge in [0.15, 0.2) is 0 Å². The van der Waals surface area contributed by atoms with Crippen LogP contribution in [-0.4, -0.2) is 154 Å². The zero-order chi connectivity index (χ0) is 62.7. The van der Waals surface area contributed by atoms with E-state index in [2.05, 4.69) is 26.6 Å². The van der Waals surface area contributed by atoms with E-state index in [1.165, 1.54) is 78.5 Å². The monoisotopic (exact) mass is 1210 g/mol. The third-order valence-corrected chi connectivity index (χ3v) is 14.7. The fraction of sp³-hybridized carbons (Fsp3) is 0.371. The molecule has 1 fully saturated rings. The fourth-order valence-electron chi connectivity index (χ4n) is 9.97. The van der Waals surface area contributed by atoms with Gasteiger partial charge in [0.2, 0.25) is 5.91 Å². The average Bonchev–Trinajstić information content (AvgIpc) is 3.08. The molecule has 0 spiro atoms. The van der Waals surface area contributed by atoms with Crippen LogP contribution in [0.5, 0.6) is 0 Å². The molecule has 10 rings (SSSR count). The SMILES string of the molecule is CCCOCCNC(=O)C1CCCN(C(=O)c2cccc(=O)n2OCc2ccccc2)CCCNC(=O)c2ccc(c(=O)n2C)C(=O)N[C@@H]2COC[C@@H]2NC(=O)c2ccc(n(OCc3ccccc3)c2=O)C(=O)NCCCN1C(=O)c1cccc(=O)n1C. The van der Waals surface area contributed by atoms with Crippen molar-refractivity contribution in [1.29, 1.82) is 0 Å². The third-order valence-electron chi connectivity index (χ3n) is 14.7. The van der Waals surface area contributed by atoms with Gasteiger partial charge in [-0.3, -0.25) is 52.7 Å². The van der Waals surface area contributed by atoms with Gasteiger partial charge in [0.1, 0.15) is 53.2 Å². The van der Waals surface area contributed by atoms with Crippen molar-refractivity contribution in [3.05, 3.63) is 208 Å². The highest BCUT2D eigenvalue weighted by Crippen LogP contribution is 2.17. The Balaban J connectivity index is 1.15. The lowest BCUT2D eigenvalue weighted by Gasteiger charge is -2.32. The summed E-state index contributed by atoms with van der Waals surface area (Å²) in [5, 5.41) is 13.8. The van der Waals surface area contributed by atoms with E-state index < -0.39 is 87.3 Å². The number of rotatable bonds is 14. The Hall–Kier alpha value is -9.95. The number of carbonyl (C=O) groups is 7. The van der Waals surface area contributed by atoms with Crippen molar-refractivity contribution < 1.29 is 52.7 Å². The van der Waals surface area contributed by atoms with Crippen molar-refractivity contribution in [2.24, 2.45) is 14.1 Å². The molecular formula is C62H71N11O15. The molecule has 4 aliphatic rings. The Labute approximate surface area is 505 Å². The first-order valence-corrected chi connectivity index (χ1v) is 29.0. The molecule has 464 valence electrons. The van der Waals surface area contributed by atoms with Gasteiger partial charge in [-0.25, -0.2) is 0 Å². The van der Waals surface area contributed by atoms with E-state index in [4.69, 9.17) is 19.1 Å². The van der Waals surface area contributed by atoms with Crippen LogP contribution in [-0.2, 0) is 41.6 Å².